The molecule has 1 unspecified atom stereocenters. The number of hydrogen-bond acceptors (Lipinski definition) is 5. The molecule has 0 aliphatic carbocycles. The minimum Gasteiger partial charge on any atom is -0.314 e. The van der Waals surface area contributed by atoms with E-state index in [1.54, 1.807) is 11.3 Å². The molecule has 0 aromatic carbocycles. The predicted molar refractivity (Wildman–Crippen MR) is 72.5 cm³/mol. The summed E-state index contributed by atoms with van der Waals surface area (Å²) < 4.78 is 0. The van der Waals surface area contributed by atoms with E-state index in [4.69, 9.17) is 0 Å². The van der Waals surface area contributed by atoms with Crippen LogP contribution in [0.4, 0.5) is 0 Å². The first-order valence-corrected chi connectivity index (χ1v) is 7.18. The van der Waals surface area contributed by atoms with Crippen molar-refractivity contribution in [2.24, 2.45) is 0 Å². The summed E-state index contributed by atoms with van der Waals surface area (Å²) in [7, 11) is 2.19. The Balaban J connectivity index is 1.74. The fraction of sp³-hybridized carbons (Fsp3) is 0.750. The van der Waals surface area contributed by atoms with Gasteiger partial charge in [-0.05, 0) is 14.0 Å². The van der Waals surface area contributed by atoms with Crippen molar-refractivity contribution in [1.29, 1.82) is 0 Å². The molecular weight excluding hydrogens is 232 g/mol. The number of hydrogen-bond donors (Lipinski definition) is 1. The number of aromatic nitrogens is 1. The Morgan fingerprint density at radius 2 is 2.29 bits per heavy atom. The van der Waals surface area contributed by atoms with Gasteiger partial charge in [-0.1, -0.05) is 0 Å². The summed E-state index contributed by atoms with van der Waals surface area (Å²) in [5.41, 5.74) is 0. The Morgan fingerprint density at radius 1 is 1.53 bits per heavy atom. The minimum absolute atomic E-state index is 0.429. The van der Waals surface area contributed by atoms with Gasteiger partial charge in [0, 0.05) is 50.8 Å². The number of likely N-dealkylation sites (N-methyl/N-ethyl adjacent to an activating group) is 1. The van der Waals surface area contributed by atoms with Crippen molar-refractivity contribution >= 4 is 11.3 Å². The van der Waals surface area contributed by atoms with E-state index in [9.17, 15) is 0 Å². The molecule has 0 radical (unpaired) electrons. The van der Waals surface area contributed by atoms with E-state index < -0.39 is 0 Å². The van der Waals surface area contributed by atoms with Gasteiger partial charge < -0.3 is 5.32 Å². The van der Waals surface area contributed by atoms with Gasteiger partial charge in [0.25, 0.3) is 0 Å². The van der Waals surface area contributed by atoms with E-state index in [0.717, 1.165) is 26.2 Å². The number of piperazine rings is 1. The lowest BCUT2D eigenvalue weighted by Crippen LogP contribution is -2.46. The molecule has 1 atom stereocenters. The normalized spacial score (nSPS) is 19.7. The van der Waals surface area contributed by atoms with Crippen LogP contribution in [0.3, 0.4) is 0 Å². The second-order valence-corrected chi connectivity index (χ2v) is 5.54. The predicted octanol–water partition coefficient (Wildman–Crippen LogP) is 1.04. The molecule has 1 aliphatic heterocycles. The van der Waals surface area contributed by atoms with E-state index in [0.29, 0.717) is 6.04 Å². The van der Waals surface area contributed by atoms with Gasteiger partial charge in [-0.25, -0.2) is 4.98 Å². The fourth-order valence-electron chi connectivity index (χ4n) is 2.06. The Bertz CT molecular complexity index is 308. The molecule has 1 aliphatic rings. The van der Waals surface area contributed by atoms with E-state index in [1.807, 2.05) is 6.20 Å². The average Bonchev–Trinajstić information content (AvgIpc) is 2.90. The van der Waals surface area contributed by atoms with Crippen molar-refractivity contribution in [2.75, 3.05) is 46.3 Å². The Hall–Kier alpha value is -0.490. The molecule has 1 aromatic rings. The molecule has 2 rings (SSSR count). The number of nitrogens with zero attached hydrogens (tertiary/aromatic N) is 3. The standard InChI is InChI=1S/C12H22N4S/c1-11(12-14-5-10-17-12)15(2)8-9-16-6-3-13-4-7-16/h5,10-11,13H,3-4,6-9H2,1-2H3. The molecule has 17 heavy (non-hydrogen) atoms. The van der Waals surface area contributed by atoms with Crippen LogP contribution in [-0.2, 0) is 0 Å². The van der Waals surface area contributed by atoms with Crippen LogP contribution < -0.4 is 5.32 Å². The van der Waals surface area contributed by atoms with E-state index in [1.165, 1.54) is 18.1 Å². The molecule has 1 aromatic heterocycles. The van der Waals surface area contributed by atoms with Crippen molar-refractivity contribution in [3.05, 3.63) is 16.6 Å². The SMILES string of the molecule is CC(c1nccs1)N(C)CCN1CCNCC1. The van der Waals surface area contributed by atoms with Crippen molar-refractivity contribution in [2.45, 2.75) is 13.0 Å². The molecule has 1 saturated heterocycles. The fourth-order valence-corrected chi connectivity index (χ4v) is 2.82. The first-order chi connectivity index (χ1) is 8.27. The van der Waals surface area contributed by atoms with E-state index in [2.05, 4.69) is 39.5 Å². The minimum atomic E-state index is 0.429. The van der Waals surface area contributed by atoms with Gasteiger partial charge in [-0.3, -0.25) is 9.80 Å². The zero-order valence-corrected chi connectivity index (χ0v) is 11.5. The zero-order valence-electron chi connectivity index (χ0n) is 10.7. The smallest absolute Gasteiger partial charge is 0.109 e. The van der Waals surface area contributed by atoms with Crippen LogP contribution in [-0.4, -0.2) is 61.1 Å². The molecule has 0 bridgehead atoms. The van der Waals surface area contributed by atoms with Crippen LogP contribution >= 0.6 is 11.3 Å². The van der Waals surface area contributed by atoms with Crippen LogP contribution in [0.1, 0.15) is 18.0 Å². The first-order valence-electron chi connectivity index (χ1n) is 6.30. The third-order valence-electron chi connectivity index (χ3n) is 3.45. The third kappa shape index (κ3) is 3.74. The quantitative estimate of drug-likeness (QED) is 0.851. The highest BCUT2D eigenvalue weighted by molar-refractivity contribution is 7.09. The van der Waals surface area contributed by atoms with Crippen molar-refractivity contribution in [3.63, 3.8) is 0 Å². The van der Waals surface area contributed by atoms with Gasteiger partial charge in [0.2, 0.25) is 0 Å². The van der Waals surface area contributed by atoms with Crippen LogP contribution in [0.2, 0.25) is 0 Å². The van der Waals surface area contributed by atoms with E-state index >= 15 is 0 Å². The molecule has 1 N–H and O–H groups in total. The zero-order chi connectivity index (χ0) is 12.1. The van der Waals surface area contributed by atoms with Gasteiger partial charge in [-0.2, -0.15) is 0 Å². The maximum Gasteiger partial charge on any atom is 0.109 e. The lowest BCUT2D eigenvalue weighted by Gasteiger charge is -2.30. The summed E-state index contributed by atoms with van der Waals surface area (Å²) in [6, 6.07) is 0.429. The van der Waals surface area contributed by atoms with Gasteiger partial charge in [-0.15, -0.1) is 11.3 Å². The summed E-state index contributed by atoms with van der Waals surface area (Å²) in [5, 5.41) is 6.65. The lowest BCUT2D eigenvalue weighted by molar-refractivity contribution is 0.183. The van der Waals surface area contributed by atoms with Gasteiger partial charge >= 0.3 is 0 Å². The summed E-state index contributed by atoms with van der Waals surface area (Å²) >= 11 is 1.74. The third-order valence-corrected chi connectivity index (χ3v) is 4.39. The van der Waals surface area contributed by atoms with Crippen LogP contribution in [0.25, 0.3) is 0 Å². The number of thiazole rings is 1. The van der Waals surface area contributed by atoms with Crippen LogP contribution in [0.15, 0.2) is 11.6 Å². The first kappa shape index (κ1) is 13.0. The maximum atomic E-state index is 4.39. The monoisotopic (exact) mass is 254 g/mol. The van der Waals surface area contributed by atoms with Crippen LogP contribution in [0, 0.1) is 0 Å². The lowest BCUT2D eigenvalue weighted by atomic mass is 10.3. The highest BCUT2D eigenvalue weighted by Crippen LogP contribution is 2.20. The highest BCUT2D eigenvalue weighted by Gasteiger charge is 2.15. The van der Waals surface area contributed by atoms with Crippen molar-refractivity contribution < 1.29 is 0 Å². The van der Waals surface area contributed by atoms with Gasteiger partial charge in [0.05, 0.1) is 6.04 Å². The van der Waals surface area contributed by atoms with Crippen LogP contribution in [0.5, 0.6) is 0 Å². The highest BCUT2D eigenvalue weighted by atomic mass is 32.1. The molecule has 96 valence electrons. The Kier molecular flexibility index (Phi) is 4.91. The molecule has 5 heteroatoms. The molecule has 0 amide bonds. The topological polar surface area (TPSA) is 31.4 Å². The number of nitrogens with one attached hydrogen (secondary N) is 1. The summed E-state index contributed by atoms with van der Waals surface area (Å²) in [6.07, 6.45) is 1.89. The second kappa shape index (κ2) is 6.44. The Morgan fingerprint density at radius 3 is 2.94 bits per heavy atom. The van der Waals surface area contributed by atoms with Gasteiger partial charge in [0.1, 0.15) is 5.01 Å². The molecule has 4 nitrogen and oxygen atoms in total. The summed E-state index contributed by atoms with van der Waals surface area (Å²) in [4.78, 5) is 9.30. The van der Waals surface area contributed by atoms with Crippen molar-refractivity contribution in [3.8, 4) is 0 Å². The second-order valence-electron chi connectivity index (χ2n) is 4.62. The largest absolute Gasteiger partial charge is 0.314 e. The molecule has 1 fully saturated rings. The molecular formula is C12H22N4S. The number of rotatable bonds is 5. The van der Waals surface area contributed by atoms with Gasteiger partial charge in [0.15, 0.2) is 0 Å². The molecule has 0 saturated carbocycles. The summed E-state index contributed by atoms with van der Waals surface area (Å²) in [6.45, 7) is 9.13. The molecule has 0 spiro atoms. The average molecular weight is 254 g/mol. The van der Waals surface area contributed by atoms with E-state index in [-0.39, 0.29) is 0 Å². The van der Waals surface area contributed by atoms with Crippen molar-refractivity contribution in [1.82, 2.24) is 20.1 Å². The Labute approximate surface area is 108 Å². The summed E-state index contributed by atoms with van der Waals surface area (Å²) in [5.74, 6) is 0. The molecule has 2 heterocycles. The maximum absolute atomic E-state index is 4.39.